The molecule has 0 aromatic heterocycles. The van der Waals surface area contributed by atoms with Gasteiger partial charge in [-0.1, -0.05) is 11.6 Å². The number of ketones is 1. The number of nitrogens with zero attached hydrogens (tertiary/aromatic N) is 1. The highest BCUT2D eigenvalue weighted by Crippen LogP contribution is 2.30. The van der Waals surface area contributed by atoms with Crippen LogP contribution in [0.2, 0.25) is 0 Å². The standard InChI is InChI=1S/C5H7Cl2NO6S/c6-4(12)2(10)1(9)3(11)5(13,8-14)15-7/h1-2,4,9-10,12-13H/t1-,2-,4?,5-/m0/s1. The van der Waals surface area contributed by atoms with E-state index in [-0.39, 0.29) is 11.0 Å². The zero-order chi connectivity index (χ0) is 12.2. The number of carbonyl (C=O) groups excluding carboxylic acids is 1. The smallest absolute Gasteiger partial charge is 0.322 e. The Labute approximate surface area is 97.5 Å². The normalized spacial score (nSPS) is 21.2. The number of hydrogen-bond donors (Lipinski definition) is 4. The molecule has 0 heterocycles. The molecule has 0 aliphatic carbocycles. The first kappa shape index (κ1) is 15.0. The van der Waals surface area contributed by atoms with Crippen LogP contribution in [0.5, 0.6) is 0 Å². The Morgan fingerprint density at radius 2 is 1.87 bits per heavy atom. The lowest BCUT2D eigenvalue weighted by molar-refractivity contribution is -0.146. The fourth-order valence-electron chi connectivity index (χ4n) is 0.595. The van der Waals surface area contributed by atoms with Crippen LogP contribution in [0.1, 0.15) is 0 Å². The highest BCUT2D eigenvalue weighted by molar-refractivity contribution is 8.22. The Hall–Kier alpha value is 0.0400. The van der Waals surface area contributed by atoms with E-state index in [2.05, 4.69) is 0 Å². The molecule has 0 aromatic rings. The lowest BCUT2D eigenvalue weighted by atomic mass is 10.1. The first-order valence-corrected chi connectivity index (χ1v) is 5.47. The summed E-state index contributed by atoms with van der Waals surface area (Å²) in [6, 6.07) is 0. The van der Waals surface area contributed by atoms with Gasteiger partial charge in [-0.25, -0.2) is 0 Å². The minimum atomic E-state index is -2.94. The molecule has 0 aliphatic rings. The molecular weight excluding hydrogens is 273 g/mol. The van der Waals surface area contributed by atoms with Crippen molar-refractivity contribution in [2.75, 3.05) is 0 Å². The van der Waals surface area contributed by atoms with Crippen LogP contribution in [0.25, 0.3) is 0 Å². The summed E-state index contributed by atoms with van der Waals surface area (Å²) >= 11 is 4.97. The molecule has 4 N–H and O–H groups in total. The van der Waals surface area contributed by atoms with E-state index in [9.17, 15) is 9.70 Å². The van der Waals surface area contributed by atoms with E-state index in [4.69, 9.17) is 42.7 Å². The molecule has 0 amide bonds. The monoisotopic (exact) mass is 279 g/mol. The molecule has 7 nitrogen and oxygen atoms in total. The van der Waals surface area contributed by atoms with Crippen LogP contribution in [0.4, 0.5) is 0 Å². The van der Waals surface area contributed by atoms with Crippen molar-refractivity contribution in [3.8, 4) is 0 Å². The number of hydrogen-bond acceptors (Lipinski definition) is 8. The van der Waals surface area contributed by atoms with Crippen LogP contribution < -0.4 is 0 Å². The summed E-state index contributed by atoms with van der Waals surface area (Å²) in [5.74, 6) is -1.58. The van der Waals surface area contributed by atoms with E-state index in [0.717, 1.165) is 0 Å². The van der Waals surface area contributed by atoms with Gasteiger partial charge in [-0.15, -0.1) is 4.91 Å². The zero-order valence-corrected chi connectivity index (χ0v) is 9.28. The maximum Gasteiger partial charge on any atom is 0.322 e. The Morgan fingerprint density at radius 1 is 1.40 bits per heavy atom. The molecule has 0 aliphatic heterocycles. The van der Waals surface area contributed by atoms with Gasteiger partial charge < -0.3 is 20.4 Å². The number of carbonyl (C=O) groups is 1. The van der Waals surface area contributed by atoms with Crippen LogP contribution in [0.15, 0.2) is 5.18 Å². The lowest BCUT2D eigenvalue weighted by Gasteiger charge is -2.22. The van der Waals surface area contributed by atoms with Crippen LogP contribution in [0.3, 0.4) is 0 Å². The molecular formula is C5H7Cl2NO6S. The van der Waals surface area contributed by atoms with Gasteiger partial charge in [-0.3, -0.25) is 4.79 Å². The van der Waals surface area contributed by atoms with Crippen LogP contribution in [-0.4, -0.2) is 49.0 Å². The molecule has 0 fully saturated rings. The topological polar surface area (TPSA) is 127 Å². The molecule has 10 heteroatoms. The average molecular weight is 280 g/mol. The maximum absolute atomic E-state index is 11.1. The van der Waals surface area contributed by atoms with E-state index in [1.807, 2.05) is 5.18 Å². The van der Waals surface area contributed by atoms with E-state index >= 15 is 0 Å². The second-order valence-corrected chi connectivity index (χ2v) is 4.08. The number of alkyl halides is 1. The van der Waals surface area contributed by atoms with E-state index in [1.54, 1.807) is 0 Å². The molecule has 88 valence electrons. The minimum absolute atomic E-state index is 0.159. The van der Waals surface area contributed by atoms with Crippen LogP contribution >= 0.6 is 33.3 Å². The summed E-state index contributed by atoms with van der Waals surface area (Å²) in [5, 5.41) is 34.8. The molecule has 0 rings (SSSR count). The quantitative estimate of drug-likeness (QED) is 0.283. The number of Topliss-reactive ketones (excluding diaryl/α,β-unsaturated/α-hetero) is 1. The van der Waals surface area contributed by atoms with Crippen molar-refractivity contribution < 1.29 is 25.2 Å². The largest absolute Gasteiger partial charge is 0.386 e. The highest BCUT2D eigenvalue weighted by atomic mass is 35.7. The molecule has 0 bridgehead atoms. The fourth-order valence-corrected chi connectivity index (χ4v) is 1.27. The van der Waals surface area contributed by atoms with Crippen molar-refractivity contribution in [3.05, 3.63) is 4.91 Å². The van der Waals surface area contributed by atoms with Crippen molar-refractivity contribution in [2.24, 2.45) is 5.18 Å². The molecule has 0 aromatic carbocycles. The first-order valence-electron chi connectivity index (χ1n) is 3.39. The van der Waals surface area contributed by atoms with Gasteiger partial charge >= 0.3 is 5.06 Å². The van der Waals surface area contributed by atoms with Crippen molar-refractivity contribution >= 4 is 39.0 Å². The second-order valence-electron chi connectivity index (χ2n) is 2.45. The van der Waals surface area contributed by atoms with Gasteiger partial charge in [0.15, 0.2) is 5.56 Å². The SMILES string of the molecule is O=N[C@@](O)(SCl)C(=O)[C@@H](O)[C@H](O)C(O)Cl. The zero-order valence-electron chi connectivity index (χ0n) is 6.95. The Bertz CT molecular complexity index is 254. The number of rotatable bonds is 6. The fraction of sp³-hybridized carbons (Fsp3) is 0.800. The van der Waals surface area contributed by atoms with Gasteiger partial charge in [0.1, 0.15) is 12.2 Å². The molecule has 15 heavy (non-hydrogen) atoms. The van der Waals surface area contributed by atoms with Gasteiger partial charge in [0, 0.05) is 11.0 Å². The Morgan fingerprint density at radius 3 is 2.13 bits per heavy atom. The van der Waals surface area contributed by atoms with Gasteiger partial charge in [0.25, 0.3) is 0 Å². The van der Waals surface area contributed by atoms with E-state index in [0.29, 0.717) is 0 Å². The lowest BCUT2D eigenvalue weighted by Crippen LogP contribution is -2.48. The van der Waals surface area contributed by atoms with Crippen molar-refractivity contribution in [2.45, 2.75) is 22.8 Å². The number of nitroso groups, excluding NO2 is 1. The molecule has 1 unspecified atom stereocenters. The summed E-state index contributed by atoms with van der Waals surface area (Å²) < 4.78 is 0. The Kier molecular flexibility index (Phi) is 5.96. The van der Waals surface area contributed by atoms with Gasteiger partial charge in [0.05, 0.1) is 0 Å². The molecule has 4 atom stereocenters. The highest BCUT2D eigenvalue weighted by Gasteiger charge is 2.46. The third-order valence-electron chi connectivity index (χ3n) is 1.43. The summed E-state index contributed by atoms with van der Waals surface area (Å²) in [5.41, 5.74) is -1.94. The van der Waals surface area contributed by atoms with Crippen molar-refractivity contribution in [3.63, 3.8) is 0 Å². The predicted octanol–water partition coefficient (Wildman–Crippen LogP) is -0.866. The van der Waals surface area contributed by atoms with Crippen molar-refractivity contribution in [1.29, 1.82) is 0 Å². The van der Waals surface area contributed by atoms with Crippen LogP contribution in [-0.2, 0) is 4.79 Å². The molecule has 0 spiro atoms. The molecule has 0 saturated carbocycles. The first-order chi connectivity index (χ1) is 6.80. The van der Waals surface area contributed by atoms with E-state index in [1.165, 1.54) is 0 Å². The third kappa shape index (κ3) is 3.52. The second kappa shape index (κ2) is 5.94. The predicted molar refractivity (Wildman–Crippen MR) is 53.1 cm³/mol. The molecule has 0 saturated heterocycles. The summed E-state index contributed by atoms with van der Waals surface area (Å²) in [4.78, 5) is 21.2. The van der Waals surface area contributed by atoms with Crippen molar-refractivity contribution in [1.82, 2.24) is 0 Å². The summed E-state index contributed by atoms with van der Waals surface area (Å²) in [7, 11) is 4.84. The third-order valence-corrected chi connectivity index (χ3v) is 2.82. The molecule has 0 radical (unpaired) electrons. The van der Waals surface area contributed by atoms with Gasteiger partial charge in [-0.05, 0) is 15.9 Å². The van der Waals surface area contributed by atoms with Gasteiger partial charge in [-0.2, -0.15) is 0 Å². The van der Waals surface area contributed by atoms with E-state index < -0.39 is 28.6 Å². The number of aliphatic hydroxyl groups excluding tert-OH is 3. The van der Waals surface area contributed by atoms with Crippen LogP contribution in [0, 0.1) is 4.91 Å². The average Bonchev–Trinajstić information content (AvgIpc) is 2.24. The van der Waals surface area contributed by atoms with Gasteiger partial charge in [0.2, 0.25) is 5.78 Å². The number of halogens is 2. The maximum atomic E-state index is 11.1. The number of aliphatic hydroxyl groups is 4. The Balaban J connectivity index is 4.77. The minimum Gasteiger partial charge on any atom is -0.386 e. The summed E-state index contributed by atoms with van der Waals surface area (Å²) in [6.07, 6.45) is -4.36. The summed E-state index contributed by atoms with van der Waals surface area (Å²) in [6.45, 7) is 0.